The summed E-state index contributed by atoms with van der Waals surface area (Å²) in [5, 5.41) is 19.2. The van der Waals surface area contributed by atoms with Crippen LogP contribution in [0.25, 0.3) is 0 Å². The van der Waals surface area contributed by atoms with Crippen molar-refractivity contribution >= 4 is 8.07 Å². The van der Waals surface area contributed by atoms with Gasteiger partial charge in [-0.05, 0) is 6.42 Å². The predicted octanol–water partition coefficient (Wildman–Crippen LogP) is 1.28. The van der Waals surface area contributed by atoms with Gasteiger partial charge in [-0.15, -0.1) is 11.5 Å². The summed E-state index contributed by atoms with van der Waals surface area (Å²) in [5.74, 6) is 2.96. The van der Waals surface area contributed by atoms with Crippen LogP contribution in [0.4, 0.5) is 0 Å². The average molecular weight is 215 g/mol. The van der Waals surface area contributed by atoms with E-state index < -0.39 is 19.1 Å². The van der Waals surface area contributed by atoms with Gasteiger partial charge in [0, 0.05) is 11.3 Å². The van der Waals surface area contributed by atoms with Crippen LogP contribution in [0, 0.1) is 21.6 Å². The Morgan fingerprint density at radius 3 is 2.50 bits per heavy atom. The second-order valence-corrected chi connectivity index (χ2v) is 9.01. The maximum Gasteiger partial charge on any atom is 0.229 e. The van der Waals surface area contributed by atoms with Crippen LogP contribution < -0.4 is 0 Å². The highest BCUT2D eigenvalue weighted by Crippen LogP contribution is 1.99. The fraction of sp³-hybridized carbons (Fsp3) is 0.778. The number of nitrogens with zero attached hydrogens (tertiary/aromatic N) is 1. The zero-order chi connectivity index (χ0) is 11.2. The Morgan fingerprint density at radius 2 is 2.07 bits per heavy atom. The summed E-state index contributed by atoms with van der Waals surface area (Å²) < 4.78 is 0. The van der Waals surface area contributed by atoms with E-state index in [0.717, 1.165) is 0 Å². The SMILES string of the molecule is C[Si](C)(C)C#CCCC(O)C[N+](=O)[O-]. The highest BCUT2D eigenvalue weighted by molar-refractivity contribution is 6.83. The molecule has 0 saturated carbocycles. The molecule has 4 nitrogen and oxygen atoms in total. The van der Waals surface area contributed by atoms with Crippen molar-refractivity contribution in [1.29, 1.82) is 0 Å². The third-order valence-electron chi connectivity index (χ3n) is 1.43. The number of aliphatic hydroxyl groups excluding tert-OH is 1. The van der Waals surface area contributed by atoms with E-state index in [9.17, 15) is 10.1 Å². The molecule has 0 aliphatic rings. The molecule has 0 aromatic rings. The molecule has 1 atom stereocenters. The molecule has 0 spiro atoms. The Hall–Kier alpha value is -0.863. The summed E-state index contributed by atoms with van der Waals surface area (Å²) in [6, 6.07) is 0. The lowest BCUT2D eigenvalue weighted by Gasteiger charge is -2.04. The lowest BCUT2D eigenvalue weighted by molar-refractivity contribution is -0.490. The van der Waals surface area contributed by atoms with Gasteiger partial charge in [0.25, 0.3) is 0 Å². The zero-order valence-corrected chi connectivity index (χ0v) is 9.91. The number of rotatable bonds is 4. The summed E-state index contributed by atoms with van der Waals surface area (Å²) >= 11 is 0. The molecule has 0 aromatic carbocycles. The zero-order valence-electron chi connectivity index (χ0n) is 8.91. The van der Waals surface area contributed by atoms with Gasteiger partial charge in [-0.3, -0.25) is 10.1 Å². The monoisotopic (exact) mass is 215 g/mol. The maximum absolute atomic E-state index is 10.0. The Kier molecular flexibility index (Phi) is 5.42. The van der Waals surface area contributed by atoms with E-state index >= 15 is 0 Å². The number of aliphatic hydroxyl groups is 1. The van der Waals surface area contributed by atoms with Crippen LogP contribution >= 0.6 is 0 Å². The van der Waals surface area contributed by atoms with Gasteiger partial charge in [-0.2, -0.15) is 0 Å². The third-order valence-corrected chi connectivity index (χ3v) is 2.35. The Morgan fingerprint density at radius 1 is 1.50 bits per heavy atom. The first kappa shape index (κ1) is 13.1. The highest BCUT2D eigenvalue weighted by Gasteiger charge is 2.10. The Balaban J connectivity index is 3.72. The van der Waals surface area contributed by atoms with E-state index in [2.05, 4.69) is 31.1 Å². The molecule has 0 rings (SSSR count). The van der Waals surface area contributed by atoms with E-state index in [1.807, 2.05) is 0 Å². The predicted molar refractivity (Wildman–Crippen MR) is 58.2 cm³/mol. The van der Waals surface area contributed by atoms with Gasteiger partial charge >= 0.3 is 0 Å². The van der Waals surface area contributed by atoms with Crippen molar-refractivity contribution in [2.24, 2.45) is 0 Å². The minimum atomic E-state index is -1.34. The van der Waals surface area contributed by atoms with Crippen LogP contribution in [0.2, 0.25) is 19.6 Å². The molecule has 0 saturated heterocycles. The summed E-state index contributed by atoms with van der Waals surface area (Å²) in [6.45, 7) is 6.02. The second kappa shape index (κ2) is 5.78. The third kappa shape index (κ3) is 9.23. The van der Waals surface area contributed by atoms with Crippen LogP contribution in [0.1, 0.15) is 12.8 Å². The van der Waals surface area contributed by atoms with E-state index in [1.54, 1.807) is 0 Å². The quantitative estimate of drug-likeness (QED) is 0.332. The first-order chi connectivity index (χ1) is 6.31. The summed E-state index contributed by atoms with van der Waals surface area (Å²) in [6.07, 6.45) is 0.0681. The first-order valence-electron chi connectivity index (χ1n) is 4.61. The standard InChI is InChI=1S/C9H17NO3Si/c1-14(2,3)7-5-4-6-9(11)8-10(12)13/h9,11H,4,6,8H2,1-3H3. The van der Waals surface area contributed by atoms with Crippen molar-refractivity contribution in [3.8, 4) is 11.5 Å². The highest BCUT2D eigenvalue weighted by atomic mass is 28.3. The van der Waals surface area contributed by atoms with Gasteiger partial charge < -0.3 is 5.11 Å². The lowest BCUT2D eigenvalue weighted by atomic mass is 10.2. The topological polar surface area (TPSA) is 63.4 Å². The van der Waals surface area contributed by atoms with Crippen molar-refractivity contribution in [1.82, 2.24) is 0 Å². The van der Waals surface area contributed by atoms with E-state index in [4.69, 9.17) is 5.11 Å². The van der Waals surface area contributed by atoms with Gasteiger partial charge in [0.15, 0.2) is 0 Å². The normalized spacial score (nSPS) is 12.9. The number of hydrogen-bond acceptors (Lipinski definition) is 3. The van der Waals surface area contributed by atoms with Crippen molar-refractivity contribution in [2.75, 3.05) is 6.54 Å². The Labute approximate surface area is 85.5 Å². The van der Waals surface area contributed by atoms with Gasteiger partial charge in [0.1, 0.15) is 14.2 Å². The molecule has 0 aromatic heterocycles. The molecule has 14 heavy (non-hydrogen) atoms. The van der Waals surface area contributed by atoms with Crippen LogP contribution in [0.15, 0.2) is 0 Å². The minimum absolute atomic E-state index is 0.380. The largest absolute Gasteiger partial charge is 0.386 e. The van der Waals surface area contributed by atoms with Gasteiger partial charge in [-0.25, -0.2) is 0 Å². The molecule has 0 radical (unpaired) electrons. The molecular weight excluding hydrogens is 198 g/mol. The van der Waals surface area contributed by atoms with Crippen molar-refractivity contribution in [3.63, 3.8) is 0 Å². The van der Waals surface area contributed by atoms with Crippen LogP contribution in [0.3, 0.4) is 0 Å². The van der Waals surface area contributed by atoms with Crippen LogP contribution in [-0.2, 0) is 0 Å². The maximum atomic E-state index is 10.0. The Bertz CT molecular complexity index is 249. The number of hydrogen-bond donors (Lipinski definition) is 1. The fourth-order valence-corrected chi connectivity index (χ4v) is 1.49. The lowest BCUT2D eigenvalue weighted by Crippen LogP contribution is -2.19. The van der Waals surface area contributed by atoms with E-state index in [-0.39, 0.29) is 6.54 Å². The minimum Gasteiger partial charge on any atom is -0.386 e. The molecular formula is C9H17NO3Si. The van der Waals surface area contributed by atoms with Gasteiger partial charge in [0.05, 0.1) is 0 Å². The molecule has 0 amide bonds. The fourth-order valence-electron chi connectivity index (χ4n) is 0.830. The first-order valence-corrected chi connectivity index (χ1v) is 8.11. The van der Waals surface area contributed by atoms with Crippen LogP contribution in [0.5, 0.6) is 0 Å². The smallest absolute Gasteiger partial charge is 0.229 e. The molecule has 80 valence electrons. The average Bonchev–Trinajstić information content (AvgIpc) is 1.95. The molecule has 0 aliphatic carbocycles. The van der Waals surface area contributed by atoms with Gasteiger partial charge in [-0.1, -0.05) is 19.6 Å². The second-order valence-electron chi connectivity index (χ2n) is 4.26. The van der Waals surface area contributed by atoms with Crippen molar-refractivity contribution in [3.05, 3.63) is 10.1 Å². The molecule has 0 fully saturated rings. The molecule has 1 N–H and O–H groups in total. The summed E-state index contributed by atoms with van der Waals surface area (Å²) in [5.41, 5.74) is 3.14. The van der Waals surface area contributed by atoms with E-state index in [1.165, 1.54) is 0 Å². The van der Waals surface area contributed by atoms with Gasteiger partial charge in [0.2, 0.25) is 6.54 Å². The molecule has 5 heteroatoms. The molecule has 0 aliphatic heterocycles. The molecule has 1 unspecified atom stereocenters. The number of nitro groups is 1. The van der Waals surface area contributed by atoms with Crippen molar-refractivity contribution < 1.29 is 10.0 Å². The van der Waals surface area contributed by atoms with E-state index in [0.29, 0.717) is 12.8 Å². The molecule has 0 heterocycles. The van der Waals surface area contributed by atoms with Crippen LogP contribution in [-0.4, -0.2) is 30.8 Å². The summed E-state index contributed by atoms with van der Waals surface area (Å²) in [4.78, 5) is 9.51. The van der Waals surface area contributed by atoms with Crippen molar-refractivity contribution in [2.45, 2.75) is 38.6 Å². The summed E-state index contributed by atoms with van der Waals surface area (Å²) in [7, 11) is -1.34. The molecule has 0 bridgehead atoms.